The molecule has 9 heavy (non-hydrogen) atoms. The van der Waals surface area contributed by atoms with Crippen molar-refractivity contribution in [1.82, 2.24) is 0 Å². The van der Waals surface area contributed by atoms with Gasteiger partial charge in [-0.1, -0.05) is 0 Å². The molecule has 0 aromatic rings. The minimum Gasteiger partial charge on any atom is -0.396 e. The number of rotatable bonds is 5. The highest BCUT2D eigenvalue weighted by Crippen LogP contribution is 1.95. The van der Waals surface area contributed by atoms with E-state index in [0.717, 1.165) is 5.75 Å². The molecule has 1 unspecified atom stereocenters. The van der Waals surface area contributed by atoms with E-state index >= 15 is 0 Å². The van der Waals surface area contributed by atoms with Gasteiger partial charge in [-0.3, -0.25) is 0 Å². The van der Waals surface area contributed by atoms with E-state index in [1.165, 1.54) is 0 Å². The van der Waals surface area contributed by atoms with Crippen molar-refractivity contribution >= 4 is 12.6 Å². The number of ether oxygens (including phenoxy) is 1. The Morgan fingerprint density at radius 3 is 2.78 bits per heavy atom. The molecule has 0 fully saturated rings. The van der Waals surface area contributed by atoms with E-state index < -0.39 is 0 Å². The van der Waals surface area contributed by atoms with Gasteiger partial charge in [0.25, 0.3) is 0 Å². The number of thiol groups is 1. The van der Waals surface area contributed by atoms with Gasteiger partial charge < -0.3 is 9.84 Å². The maximum atomic E-state index is 8.44. The van der Waals surface area contributed by atoms with Gasteiger partial charge in [0.1, 0.15) is 0 Å². The predicted octanol–water partition coefficient (Wildman–Crippen LogP) is 0.704. The molecule has 0 bridgehead atoms. The number of aliphatic hydroxyl groups excluding tert-OH is 1. The summed E-state index contributed by atoms with van der Waals surface area (Å²) >= 11 is 3.98. The first-order valence-corrected chi connectivity index (χ1v) is 3.77. The Kier molecular flexibility index (Phi) is 6.58. The van der Waals surface area contributed by atoms with E-state index in [0.29, 0.717) is 13.0 Å². The zero-order valence-corrected chi connectivity index (χ0v) is 6.60. The van der Waals surface area contributed by atoms with E-state index in [4.69, 9.17) is 9.84 Å². The molecule has 0 saturated carbocycles. The van der Waals surface area contributed by atoms with Gasteiger partial charge in [-0.05, 0) is 13.3 Å². The average Bonchev–Trinajstić information content (AvgIpc) is 1.85. The summed E-state index contributed by atoms with van der Waals surface area (Å²) in [6.45, 7) is 2.82. The molecule has 3 heteroatoms. The lowest BCUT2D eigenvalue weighted by Crippen LogP contribution is -2.11. The minimum atomic E-state index is 0.169. The second kappa shape index (κ2) is 6.39. The largest absolute Gasteiger partial charge is 0.396 e. The summed E-state index contributed by atoms with van der Waals surface area (Å²) in [5, 5.41) is 8.44. The summed E-state index contributed by atoms with van der Waals surface area (Å²) < 4.78 is 5.20. The summed E-state index contributed by atoms with van der Waals surface area (Å²) in [6, 6.07) is 0. The molecule has 0 aliphatic heterocycles. The van der Waals surface area contributed by atoms with Crippen LogP contribution in [0.15, 0.2) is 0 Å². The second-order valence-corrected chi connectivity index (χ2v) is 2.36. The summed E-state index contributed by atoms with van der Waals surface area (Å²) in [7, 11) is 0. The third-order valence-corrected chi connectivity index (χ3v) is 1.21. The SMILES string of the molecule is CC(CCO)OCCS. The van der Waals surface area contributed by atoms with E-state index in [1.807, 2.05) is 6.92 Å². The van der Waals surface area contributed by atoms with Crippen LogP contribution in [0.25, 0.3) is 0 Å². The highest BCUT2D eigenvalue weighted by Gasteiger charge is 1.97. The normalized spacial score (nSPS) is 13.7. The van der Waals surface area contributed by atoms with Gasteiger partial charge in [0.2, 0.25) is 0 Å². The van der Waals surface area contributed by atoms with E-state index in [-0.39, 0.29) is 12.7 Å². The third-order valence-electron chi connectivity index (χ3n) is 1.03. The van der Waals surface area contributed by atoms with Gasteiger partial charge in [0, 0.05) is 12.4 Å². The van der Waals surface area contributed by atoms with Crippen molar-refractivity contribution in [2.75, 3.05) is 19.0 Å². The van der Waals surface area contributed by atoms with Crippen LogP contribution in [-0.2, 0) is 4.74 Å². The Hall–Kier alpha value is 0.270. The smallest absolute Gasteiger partial charge is 0.0569 e. The van der Waals surface area contributed by atoms with E-state index in [9.17, 15) is 0 Å². The molecular weight excluding hydrogens is 136 g/mol. The molecule has 1 N–H and O–H groups in total. The van der Waals surface area contributed by atoms with Crippen LogP contribution in [0, 0.1) is 0 Å². The first-order valence-electron chi connectivity index (χ1n) is 3.14. The molecule has 0 rings (SSSR count). The van der Waals surface area contributed by atoms with Crippen molar-refractivity contribution in [2.24, 2.45) is 0 Å². The molecule has 0 amide bonds. The van der Waals surface area contributed by atoms with Crippen LogP contribution in [0.5, 0.6) is 0 Å². The quantitative estimate of drug-likeness (QED) is 0.565. The number of aliphatic hydroxyl groups is 1. The molecule has 56 valence electrons. The molecule has 1 atom stereocenters. The minimum absolute atomic E-state index is 0.169. The molecule has 0 saturated heterocycles. The van der Waals surface area contributed by atoms with Gasteiger partial charge >= 0.3 is 0 Å². The van der Waals surface area contributed by atoms with Crippen molar-refractivity contribution in [1.29, 1.82) is 0 Å². The molecule has 2 nitrogen and oxygen atoms in total. The van der Waals surface area contributed by atoms with E-state index in [2.05, 4.69) is 12.6 Å². The molecule has 0 radical (unpaired) electrons. The molecule has 0 spiro atoms. The van der Waals surface area contributed by atoms with Crippen LogP contribution < -0.4 is 0 Å². The van der Waals surface area contributed by atoms with Crippen LogP contribution >= 0.6 is 12.6 Å². The molecule has 0 aliphatic rings. The maximum Gasteiger partial charge on any atom is 0.0569 e. The monoisotopic (exact) mass is 150 g/mol. The molecule has 0 aromatic carbocycles. The fourth-order valence-electron chi connectivity index (χ4n) is 0.519. The zero-order chi connectivity index (χ0) is 7.11. The van der Waals surface area contributed by atoms with Crippen molar-refractivity contribution in [3.63, 3.8) is 0 Å². The Labute approximate surface area is 61.6 Å². The zero-order valence-electron chi connectivity index (χ0n) is 5.71. The summed E-state index contributed by atoms with van der Waals surface area (Å²) in [6.07, 6.45) is 0.885. The number of hydrogen-bond acceptors (Lipinski definition) is 3. The first kappa shape index (κ1) is 9.27. The lowest BCUT2D eigenvalue weighted by atomic mass is 10.3. The maximum absolute atomic E-state index is 8.44. The van der Waals surface area contributed by atoms with Crippen molar-refractivity contribution in [2.45, 2.75) is 19.4 Å². The lowest BCUT2D eigenvalue weighted by molar-refractivity contribution is 0.0587. The Bertz CT molecular complexity index is 59.0. The van der Waals surface area contributed by atoms with Crippen LogP contribution in [0.3, 0.4) is 0 Å². The summed E-state index contributed by atoms with van der Waals surface area (Å²) in [4.78, 5) is 0. The van der Waals surface area contributed by atoms with Gasteiger partial charge in [0.15, 0.2) is 0 Å². The summed E-state index contributed by atoms with van der Waals surface area (Å²) in [5.41, 5.74) is 0. The van der Waals surface area contributed by atoms with Gasteiger partial charge in [0.05, 0.1) is 12.7 Å². The topological polar surface area (TPSA) is 29.5 Å². The highest BCUT2D eigenvalue weighted by atomic mass is 32.1. The predicted molar refractivity (Wildman–Crippen MR) is 41.0 cm³/mol. The molecule has 0 heterocycles. The Morgan fingerprint density at radius 1 is 1.67 bits per heavy atom. The summed E-state index contributed by atoms with van der Waals surface area (Å²) in [5.74, 6) is 0.746. The molecule has 0 aliphatic carbocycles. The van der Waals surface area contributed by atoms with Gasteiger partial charge in [-0.25, -0.2) is 0 Å². The standard InChI is InChI=1S/C6H14O2S/c1-6(2-3-7)8-4-5-9/h6-7,9H,2-5H2,1H3. The van der Waals surface area contributed by atoms with E-state index in [1.54, 1.807) is 0 Å². The average molecular weight is 150 g/mol. The Balaban J connectivity index is 2.95. The van der Waals surface area contributed by atoms with Crippen LogP contribution in [0.2, 0.25) is 0 Å². The Morgan fingerprint density at radius 2 is 2.33 bits per heavy atom. The van der Waals surface area contributed by atoms with Gasteiger partial charge in [-0.15, -0.1) is 0 Å². The number of hydrogen-bond donors (Lipinski definition) is 2. The fourth-order valence-corrected chi connectivity index (χ4v) is 0.624. The third kappa shape index (κ3) is 6.15. The molecular formula is C6H14O2S. The van der Waals surface area contributed by atoms with Crippen molar-refractivity contribution in [3.05, 3.63) is 0 Å². The second-order valence-electron chi connectivity index (χ2n) is 1.92. The van der Waals surface area contributed by atoms with Crippen LogP contribution in [-0.4, -0.2) is 30.2 Å². The van der Waals surface area contributed by atoms with Crippen molar-refractivity contribution < 1.29 is 9.84 Å². The fraction of sp³-hybridized carbons (Fsp3) is 1.00. The molecule has 0 aromatic heterocycles. The van der Waals surface area contributed by atoms with Crippen molar-refractivity contribution in [3.8, 4) is 0 Å². The van der Waals surface area contributed by atoms with Gasteiger partial charge in [-0.2, -0.15) is 12.6 Å². The highest BCUT2D eigenvalue weighted by molar-refractivity contribution is 7.80. The first-order chi connectivity index (χ1) is 4.31. The lowest BCUT2D eigenvalue weighted by Gasteiger charge is -2.09. The van der Waals surface area contributed by atoms with Crippen LogP contribution in [0.1, 0.15) is 13.3 Å². The van der Waals surface area contributed by atoms with Crippen LogP contribution in [0.4, 0.5) is 0 Å².